The summed E-state index contributed by atoms with van der Waals surface area (Å²) >= 11 is 0. The molecule has 1 aromatic carbocycles. The van der Waals surface area contributed by atoms with Crippen LogP contribution in [-0.4, -0.2) is 18.2 Å². The van der Waals surface area contributed by atoms with E-state index in [1.165, 1.54) is 0 Å². The fourth-order valence-corrected chi connectivity index (χ4v) is 3.54. The second kappa shape index (κ2) is 2.91. The molecule has 1 spiro atoms. The lowest BCUT2D eigenvalue weighted by molar-refractivity contribution is -0.144. The first-order valence-electron chi connectivity index (χ1n) is 5.87. The molecule has 0 aromatic heterocycles. The van der Waals surface area contributed by atoms with Crippen LogP contribution in [0.5, 0.6) is 0 Å². The summed E-state index contributed by atoms with van der Waals surface area (Å²) in [5.41, 5.74) is -0.0604. The number of hydrogen-bond acceptors (Lipinski definition) is 2. The van der Waals surface area contributed by atoms with E-state index in [-0.39, 0.29) is 11.0 Å². The quantitative estimate of drug-likeness (QED) is 0.870. The van der Waals surface area contributed by atoms with E-state index in [1.54, 1.807) is 7.11 Å². The predicted molar refractivity (Wildman–Crippen MR) is 62.5 cm³/mol. The molecule has 0 amide bonds. The van der Waals surface area contributed by atoms with Gasteiger partial charge in [0.05, 0.1) is 5.41 Å². The molecule has 1 unspecified atom stereocenters. The topological polar surface area (TPSA) is 46.5 Å². The molecule has 2 aliphatic rings. The molecule has 3 heteroatoms. The zero-order valence-electron chi connectivity index (χ0n) is 10.1. The lowest BCUT2D eigenvalue weighted by atomic mass is 9.98. The van der Waals surface area contributed by atoms with Crippen molar-refractivity contribution in [3.8, 4) is 0 Å². The Labute approximate surface area is 100 Å². The minimum Gasteiger partial charge on any atom is -0.481 e. The van der Waals surface area contributed by atoms with Crippen LogP contribution in [0.2, 0.25) is 0 Å². The zero-order chi connectivity index (χ0) is 12.3. The summed E-state index contributed by atoms with van der Waals surface area (Å²) in [4.78, 5) is 11.3. The highest BCUT2D eigenvalue weighted by Crippen LogP contribution is 2.87. The first-order chi connectivity index (χ1) is 8.02. The van der Waals surface area contributed by atoms with E-state index >= 15 is 0 Å². The van der Waals surface area contributed by atoms with Gasteiger partial charge in [-0.3, -0.25) is 4.79 Å². The normalized spacial score (nSPS) is 42.5. The standard InChI is InChI=1S/C14H16O3/c1-12(11(15)16)8-13(12)9-14(13,17-2)10-6-4-3-5-7-10/h3-7H,8-9H2,1-2H3,(H,15,16)/t12?,13-,14-/m0/s1. The van der Waals surface area contributed by atoms with Gasteiger partial charge < -0.3 is 9.84 Å². The van der Waals surface area contributed by atoms with Gasteiger partial charge in [-0.15, -0.1) is 0 Å². The van der Waals surface area contributed by atoms with E-state index in [4.69, 9.17) is 4.74 Å². The van der Waals surface area contributed by atoms with Crippen LogP contribution in [0.15, 0.2) is 30.3 Å². The first-order valence-corrected chi connectivity index (χ1v) is 5.87. The van der Waals surface area contributed by atoms with Gasteiger partial charge in [0.2, 0.25) is 0 Å². The maximum Gasteiger partial charge on any atom is 0.310 e. The van der Waals surface area contributed by atoms with Gasteiger partial charge in [-0.1, -0.05) is 30.3 Å². The van der Waals surface area contributed by atoms with E-state index in [0.29, 0.717) is 0 Å². The molecule has 0 aliphatic heterocycles. The number of benzene rings is 1. The molecule has 0 saturated heterocycles. The number of aliphatic carboxylic acids is 1. The molecule has 3 atom stereocenters. The Morgan fingerprint density at radius 2 is 1.94 bits per heavy atom. The van der Waals surface area contributed by atoms with Crippen LogP contribution >= 0.6 is 0 Å². The van der Waals surface area contributed by atoms with Crippen LogP contribution in [-0.2, 0) is 15.1 Å². The number of carbonyl (C=O) groups is 1. The van der Waals surface area contributed by atoms with Gasteiger partial charge in [-0.2, -0.15) is 0 Å². The third kappa shape index (κ3) is 1.03. The van der Waals surface area contributed by atoms with Gasteiger partial charge in [0.1, 0.15) is 5.60 Å². The highest BCUT2D eigenvalue weighted by atomic mass is 16.5. The van der Waals surface area contributed by atoms with Crippen LogP contribution in [0, 0.1) is 10.8 Å². The average molecular weight is 232 g/mol. The molecule has 90 valence electrons. The van der Waals surface area contributed by atoms with Crippen molar-refractivity contribution in [3.05, 3.63) is 35.9 Å². The smallest absolute Gasteiger partial charge is 0.310 e. The number of ether oxygens (including phenoxy) is 1. The number of carboxylic acids is 1. The average Bonchev–Trinajstić information content (AvgIpc) is 3.18. The van der Waals surface area contributed by atoms with Crippen LogP contribution < -0.4 is 0 Å². The van der Waals surface area contributed by atoms with E-state index in [9.17, 15) is 9.90 Å². The van der Waals surface area contributed by atoms with Crippen molar-refractivity contribution < 1.29 is 14.6 Å². The first kappa shape index (κ1) is 10.8. The fraction of sp³-hybridized carbons (Fsp3) is 0.500. The van der Waals surface area contributed by atoms with E-state index < -0.39 is 11.4 Å². The minimum absolute atomic E-state index is 0.179. The molecule has 0 heterocycles. The lowest BCUT2D eigenvalue weighted by Gasteiger charge is -2.17. The van der Waals surface area contributed by atoms with Crippen molar-refractivity contribution in [2.75, 3.05) is 7.11 Å². The summed E-state index contributed by atoms with van der Waals surface area (Å²) in [7, 11) is 1.68. The fourth-order valence-electron chi connectivity index (χ4n) is 3.54. The second-order valence-electron chi connectivity index (χ2n) is 5.47. The second-order valence-corrected chi connectivity index (χ2v) is 5.47. The monoisotopic (exact) mass is 232 g/mol. The highest BCUT2D eigenvalue weighted by molar-refractivity contribution is 5.82. The Balaban J connectivity index is 1.99. The number of carboxylic acid groups (broad SMARTS) is 1. The van der Waals surface area contributed by atoms with Gasteiger partial charge in [-0.05, 0) is 25.3 Å². The molecule has 2 saturated carbocycles. The SMILES string of the molecule is CO[C@]1(c2ccccc2)C[C@]12CC2(C)C(=O)O. The predicted octanol–water partition coefficient (Wildman–Crippen LogP) is 2.41. The molecule has 3 nitrogen and oxygen atoms in total. The number of methoxy groups -OCH3 is 1. The zero-order valence-corrected chi connectivity index (χ0v) is 10.1. The van der Waals surface area contributed by atoms with Crippen molar-refractivity contribution in [1.29, 1.82) is 0 Å². The van der Waals surface area contributed by atoms with Crippen LogP contribution in [0.4, 0.5) is 0 Å². The van der Waals surface area contributed by atoms with Gasteiger partial charge in [0, 0.05) is 12.5 Å². The Morgan fingerprint density at radius 1 is 1.29 bits per heavy atom. The van der Waals surface area contributed by atoms with Crippen molar-refractivity contribution in [2.45, 2.75) is 25.4 Å². The van der Waals surface area contributed by atoms with Crippen molar-refractivity contribution in [3.63, 3.8) is 0 Å². The van der Waals surface area contributed by atoms with Gasteiger partial charge in [0.15, 0.2) is 0 Å². The molecule has 17 heavy (non-hydrogen) atoms. The van der Waals surface area contributed by atoms with E-state index in [1.807, 2.05) is 37.3 Å². The largest absolute Gasteiger partial charge is 0.481 e. The van der Waals surface area contributed by atoms with E-state index in [2.05, 4.69) is 0 Å². The highest BCUT2D eigenvalue weighted by Gasteiger charge is 2.89. The van der Waals surface area contributed by atoms with Crippen molar-refractivity contribution >= 4 is 5.97 Å². The summed E-state index contributed by atoms with van der Waals surface area (Å²) in [5.74, 6) is -0.702. The molecule has 0 radical (unpaired) electrons. The van der Waals surface area contributed by atoms with Crippen LogP contribution in [0.1, 0.15) is 25.3 Å². The summed E-state index contributed by atoms with van der Waals surface area (Å²) in [5, 5.41) is 9.31. The molecule has 3 rings (SSSR count). The van der Waals surface area contributed by atoms with Gasteiger partial charge in [-0.25, -0.2) is 0 Å². The molecule has 2 fully saturated rings. The molecular weight excluding hydrogens is 216 g/mol. The van der Waals surface area contributed by atoms with E-state index in [0.717, 1.165) is 18.4 Å². The Hall–Kier alpha value is -1.35. The van der Waals surface area contributed by atoms with Crippen molar-refractivity contribution in [1.82, 2.24) is 0 Å². The summed E-state index contributed by atoms with van der Waals surface area (Å²) in [6.07, 6.45) is 1.54. The Morgan fingerprint density at radius 3 is 2.41 bits per heavy atom. The maximum absolute atomic E-state index is 11.3. The molecule has 1 aromatic rings. The molecular formula is C14H16O3. The van der Waals surface area contributed by atoms with Crippen LogP contribution in [0.3, 0.4) is 0 Å². The Bertz CT molecular complexity index is 484. The summed E-state index contributed by atoms with van der Waals surface area (Å²) < 4.78 is 5.69. The molecule has 0 bridgehead atoms. The third-order valence-corrected chi connectivity index (χ3v) is 4.85. The minimum atomic E-state index is -0.702. The molecule has 2 aliphatic carbocycles. The maximum atomic E-state index is 11.3. The van der Waals surface area contributed by atoms with Crippen molar-refractivity contribution in [2.24, 2.45) is 10.8 Å². The van der Waals surface area contributed by atoms with Gasteiger partial charge >= 0.3 is 5.97 Å². The molecule has 1 N–H and O–H groups in total. The summed E-state index contributed by atoms with van der Waals surface area (Å²) in [6.45, 7) is 1.83. The third-order valence-electron chi connectivity index (χ3n) is 4.85. The summed E-state index contributed by atoms with van der Waals surface area (Å²) in [6, 6.07) is 9.97. The Kier molecular flexibility index (Phi) is 1.84. The number of rotatable bonds is 3. The number of hydrogen-bond donors (Lipinski definition) is 1. The lowest BCUT2D eigenvalue weighted by Crippen LogP contribution is -2.21. The van der Waals surface area contributed by atoms with Crippen LogP contribution in [0.25, 0.3) is 0 Å². The van der Waals surface area contributed by atoms with Gasteiger partial charge in [0.25, 0.3) is 0 Å².